The van der Waals surface area contributed by atoms with Crippen molar-refractivity contribution in [1.29, 1.82) is 0 Å². The highest BCUT2D eigenvalue weighted by molar-refractivity contribution is 7.87. The highest BCUT2D eigenvalue weighted by Gasteiger charge is 2.85. The van der Waals surface area contributed by atoms with E-state index in [1.165, 1.54) is 15.9 Å². The van der Waals surface area contributed by atoms with Crippen LogP contribution in [0.1, 0.15) is 0 Å². The maximum atomic E-state index is 12.2. The number of ether oxygens (including phenoxy) is 1. The fourth-order valence-electron chi connectivity index (χ4n) is 2.86. The lowest BCUT2D eigenvalue weighted by Gasteiger charge is -2.31. The lowest BCUT2D eigenvalue weighted by Crippen LogP contribution is -2.63. The van der Waals surface area contributed by atoms with Crippen molar-refractivity contribution in [1.82, 2.24) is 0 Å². The van der Waals surface area contributed by atoms with Crippen molar-refractivity contribution >= 4 is 34.0 Å². The molecule has 0 aliphatic rings. The zero-order valence-corrected chi connectivity index (χ0v) is 20.7. The molecule has 15 heteroatoms. The number of alkyl halides is 9. The highest BCUT2D eigenvalue weighted by Crippen LogP contribution is 2.54. The first-order valence-electron chi connectivity index (χ1n) is 10.1. The van der Waals surface area contributed by atoms with Gasteiger partial charge in [0.15, 0.2) is 0 Å². The average Bonchev–Trinajstić information content (AvgIpc) is 2.85. The topological polar surface area (TPSA) is 63.6 Å². The summed E-state index contributed by atoms with van der Waals surface area (Å²) in [4.78, 5) is 0. The van der Waals surface area contributed by atoms with E-state index in [4.69, 9.17) is 9.29 Å². The van der Waals surface area contributed by atoms with Gasteiger partial charge in [-0.05, 0) is 36.0 Å². The summed E-state index contributed by atoms with van der Waals surface area (Å²) < 4.78 is 139. The van der Waals surface area contributed by atoms with Gasteiger partial charge in [-0.25, -0.2) is 0 Å². The molecule has 0 aromatic heterocycles. The molecular weight excluding hydrogens is 574 g/mol. The van der Waals surface area contributed by atoms with Crippen LogP contribution >= 0.6 is 7.92 Å². The molecule has 0 heterocycles. The average molecular weight is 592 g/mol. The van der Waals surface area contributed by atoms with Crippen molar-refractivity contribution in [3.8, 4) is 5.75 Å². The quantitative estimate of drug-likeness (QED) is 0.216. The number of halogens is 9. The molecule has 3 aromatic rings. The molecule has 0 saturated carbocycles. The predicted octanol–water partition coefficient (Wildman–Crippen LogP) is 5.75. The third-order valence-corrected chi connectivity index (χ3v) is 8.15. The van der Waals surface area contributed by atoms with E-state index >= 15 is 0 Å². The number of methoxy groups -OCH3 is 1. The van der Waals surface area contributed by atoms with E-state index in [0.29, 0.717) is 0 Å². The second-order valence-electron chi connectivity index (χ2n) is 7.34. The molecule has 208 valence electrons. The SMILES string of the molecule is COc1ccc(P(c2ccccc2)c2ccccc2)cc1.O=S(=O)(O)C(F)(F)C(F)(F)C(F)(F)C(F)(F)F. The Morgan fingerprint density at radius 1 is 0.632 bits per heavy atom. The molecule has 0 radical (unpaired) electrons. The van der Waals surface area contributed by atoms with Crippen LogP contribution in [0.5, 0.6) is 5.75 Å². The summed E-state index contributed by atoms with van der Waals surface area (Å²) in [6.07, 6.45) is -7.13. The Balaban J connectivity index is 0.000000275. The van der Waals surface area contributed by atoms with Gasteiger partial charge in [-0.15, -0.1) is 0 Å². The van der Waals surface area contributed by atoms with Gasteiger partial charge in [-0.1, -0.05) is 72.8 Å². The third kappa shape index (κ3) is 6.41. The van der Waals surface area contributed by atoms with Gasteiger partial charge >= 0.3 is 33.4 Å². The maximum Gasteiger partial charge on any atom is 0.460 e. The number of rotatable bonds is 7. The van der Waals surface area contributed by atoms with E-state index in [-0.39, 0.29) is 0 Å². The van der Waals surface area contributed by atoms with E-state index in [1.807, 2.05) is 12.1 Å². The van der Waals surface area contributed by atoms with Crippen LogP contribution < -0.4 is 20.7 Å². The van der Waals surface area contributed by atoms with Gasteiger partial charge < -0.3 is 4.74 Å². The zero-order valence-electron chi connectivity index (χ0n) is 19.0. The first kappa shape index (κ1) is 31.4. The number of hydrogen-bond donors (Lipinski definition) is 1. The molecule has 38 heavy (non-hydrogen) atoms. The molecule has 1 N–H and O–H groups in total. The van der Waals surface area contributed by atoms with Crippen LogP contribution in [0.3, 0.4) is 0 Å². The maximum absolute atomic E-state index is 12.2. The Bertz CT molecular complexity index is 1250. The van der Waals surface area contributed by atoms with Crippen LogP contribution in [-0.4, -0.2) is 43.4 Å². The molecule has 3 aromatic carbocycles. The van der Waals surface area contributed by atoms with Gasteiger partial charge in [-0.3, -0.25) is 4.55 Å². The van der Waals surface area contributed by atoms with Crippen molar-refractivity contribution in [2.24, 2.45) is 0 Å². The molecule has 4 nitrogen and oxygen atoms in total. The zero-order chi connectivity index (χ0) is 29.0. The fourth-order valence-corrected chi connectivity index (χ4v) is 5.59. The van der Waals surface area contributed by atoms with Crippen molar-refractivity contribution in [2.45, 2.75) is 23.3 Å². The lowest BCUT2D eigenvalue weighted by atomic mass is 10.1. The normalized spacial score (nSPS) is 13.1. The Morgan fingerprint density at radius 3 is 1.32 bits per heavy atom. The Morgan fingerprint density at radius 2 is 1.00 bits per heavy atom. The van der Waals surface area contributed by atoms with Gasteiger partial charge in [0, 0.05) is 0 Å². The largest absolute Gasteiger partial charge is 0.497 e. The Hall–Kier alpha value is -2.83. The molecule has 0 spiro atoms. The molecule has 0 fully saturated rings. The van der Waals surface area contributed by atoms with Gasteiger partial charge in [0.05, 0.1) is 7.11 Å². The minimum absolute atomic E-state index is 0.519. The van der Waals surface area contributed by atoms with E-state index in [1.54, 1.807) is 7.11 Å². The first-order valence-corrected chi connectivity index (χ1v) is 12.9. The summed E-state index contributed by atoms with van der Waals surface area (Å²) in [6.45, 7) is 0. The summed E-state index contributed by atoms with van der Waals surface area (Å²) in [5.74, 6) is -13.8. The second-order valence-corrected chi connectivity index (χ2v) is 11.0. The molecular formula is C23H18F9O4PS. The summed E-state index contributed by atoms with van der Waals surface area (Å²) in [7, 11) is -5.99. The molecule has 0 unspecified atom stereocenters. The first-order chi connectivity index (χ1) is 17.4. The number of benzene rings is 3. The van der Waals surface area contributed by atoms with Crippen LogP contribution in [-0.2, 0) is 10.1 Å². The summed E-state index contributed by atoms with van der Waals surface area (Å²) in [5, 5.41) is -2.94. The van der Waals surface area contributed by atoms with Crippen molar-refractivity contribution in [2.75, 3.05) is 7.11 Å². The monoisotopic (exact) mass is 592 g/mol. The fraction of sp³-hybridized carbons (Fsp3) is 0.217. The standard InChI is InChI=1S/C19H17OP.C4HF9O3S/c1-20-16-12-14-19(15-13-16)21(17-8-4-2-5-9-17)18-10-6-3-7-11-18;5-1(6,3(9,10)11)2(7,8)4(12,13)17(14,15)16/h2-15H,1H3;(H,14,15,16). The molecule has 0 bridgehead atoms. The molecule has 0 saturated heterocycles. The van der Waals surface area contributed by atoms with Crippen LogP contribution in [0, 0.1) is 0 Å². The Labute approximate surface area is 212 Å². The molecule has 0 atom stereocenters. The predicted molar refractivity (Wildman–Crippen MR) is 124 cm³/mol. The lowest BCUT2D eigenvalue weighted by molar-refractivity contribution is -0.382. The van der Waals surface area contributed by atoms with Crippen LogP contribution in [0.2, 0.25) is 0 Å². The van der Waals surface area contributed by atoms with Gasteiger partial charge in [0.1, 0.15) is 5.75 Å². The smallest absolute Gasteiger partial charge is 0.460 e. The minimum Gasteiger partial charge on any atom is -0.497 e. The van der Waals surface area contributed by atoms with E-state index in [0.717, 1.165) is 5.75 Å². The van der Waals surface area contributed by atoms with Crippen molar-refractivity contribution in [3.63, 3.8) is 0 Å². The molecule has 0 aliphatic carbocycles. The molecule has 3 rings (SSSR count). The van der Waals surface area contributed by atoms with Crippen LogP contribution in [0.4, 0.5) is 39.5 Å². The van der Waals surface area contributed by atoms with Gasteiger partial charge in [0.25, 0.3) is 0 Å². The van der Waals surface area contributed by atoms with E-state index < -0.39 is 41.3 Å². The molecule has 0 amide bonds. The third-order valence-electron chi connectivity index (χ3n) is 4.80. The van der Waals surface area contributed by atoms with E-state index in [9.17, 15) is 47.9 Å². The second kappa shape index (κ2) is 11.5. The van der Waals surface area contributed by atoms with Crippen LogP contribution in [0.25, 0.3) is 0 Å². The minimum atomic E-state index is -7.37. The van der Waals surface area contributed by atoms with Crippen molar-refractivity contribution < 1.29 is 57.2 Å². The number of hydrogen-bond acceptors (Lipinski definition) is 3. The van der Waals surface area contributed by atoms with Crippen molar-refractivity contribution in [3.05, 3.63) is 84.9 Å². The van der Waals surface area contributed by atoms with Crippen LogP contribution in [0.15, 0.2) is 84.9 Å². The van der Waals surface area contributed by atoms with E-state index in [2.05, 4.69) is 72.8 Å². The van der Waals surface area contributed by atoms with Gasteiger partial charge in [0.2, 0.25) is 0 Å². The molecule has 0 aliphatic heterocycles. The Kier molecular flexibility index (Phi) is 9.50. The summed E-state index contributed by atoms with van der Waals surface area (Å²) in [6, 6.07) is 29.8. The highest BCUT2D eigenvalue weighted by atomic mass is 32.2. The summed E-state index contributed by atoms with van der Waals surface area (Å²) in [5.41, 5.74) is 0. The summed E-state index contributed by atoms with van der Waals surface area (Å²) >= 11 is 0. The van der Waals surface area contributed by atoms with Gasteiger partial charge in [-0.2, -0.15) is 47.9 Å².